The standard InChI is InChI=1S/C19H15F4N3O4/c1-19(10-2-4-14(5-3-10)30-17(22)23)16(28)26(18(29)25-19)9-15(27)24-13-7-11(20)6-12(21)8-13/h2-8,17H,9H2,1H3,(H,24,27)(H,25,29). The van der Waals surface area contributed by atoms with Crippen LogP contribution in [0.25, 0.3) is 0 Å². The normalized spacial score (nSPS) is 18.5. The van der Waals surface area contributed by atoms with Crippen LogP contribution in [0.4, 0.5) is 28.0 Å². The Balaban J connectivity index is 1.72. The number of halogens is 4. The molecule has 0 radical (unpaired) electrons. The molecule has 0 aliphatic carbocycles. The molecule has 7 nitrogen and oxygen atoms in total. The number of hydrogen-bond acceptors (Lipinski definition) is 4. The highest BCUT2D eigenvalue weighted by Crippen LogP contribution is 2.30. The lowest BCUT2D eigenvalue weighted by molar-refractivity contribution is -0.133. The number of rotatable bonds is 6. The van der Waals surface area contributed by atoms with Crippen LogP contribution in [0.5, 0.6) is 5.75 Å². The molecule has 0 saturated carbocycles. The van der Waals surface area contributed by atoms with Crippen molar-refractivity contribution in [1.29, 1.82) is 0 Å². The molecule has 0 aromatic heterocycles. The van der Waals surface area contributed by atoms with E-state index in [0.29, 0.717) is 11.0 Å². The van der Waals surface area contributed by atoms with Gasteiger partial charge >= 0.3 is 12.6 Å². The Labute approximate surface area is 167 Å². The van der Waals surface area contributed by atoms with Gasteiger partial charge in [-0.2, -0.15) is 8.78 Å². The molecule has 1 heterocycles. The van der Waals surface area contributed by atoms with Crippen LogP contribution in [0.2, 0.25) is 0 Å². The Morgan fingerprint density at radius 3 is 2.30 bits per heavy atom. The van der Waals surface area contributed by atoms with E-state index in [1.54, 1.807) is 0 Å². The monoisotopic (exact) mass is 425 g/mol. The second-order valence-corrected chi connectivity index (χ2v) is 6.56. The van der Waals surface area contributed by atoms with Gasteiger partial charge in [-0.15, -0.1) is 0 Å². The van der Waals surface area contributed by atoms with Crippen molar-refractivity contribution in [3.63, 3.8) is 0 Å². The number of benzene rings is 2. The van der Waals surface area contributed by atoms with Gasteiger partial charge in [0.2, 0.25) is 5.91 Å². The van der Waals surface area contributed by atoms with Crippen LogP contribution in [-0.4, -0.2) is 35.9 Å². The van der Waals surface area contributed by atoms with E-state index in [4.69, 9.17) is 0 Å². The lowest BCUT2D eigenvalue weighted by Gasteiger charge is -2.22. The molecular formula is C19H15F4N3O4. The summed E-state index contributed by atoms with van der Waals surface area (Å²) in [5.74, 6) is -3.57. The maximum absolute atomic E-state index is 13.2. The molecule has 1 atom stereocenters. The van der Waals surface area contributed by atoms with Crippen LogP contribution in [0.1, 0.15) is 12.5 Å². The highest BCUT2D eigenvalue weighted by molar-refractivity contribution is 6.10. The van der Waals surface area contributed by atoms with E-state index in [0.717, 1.165) is 12.1 Å². The number of nitrogens with zero attached hydrogens (tertiary/aromatic N) is 1. The fraction of sp³-hybridized carbons (Fsp3) is 0.211. The minimum atomic E-state index is -3.01. The summed E-state index contributed by atoms with van der Waals surface area (Å²) in [7, 11) is 0. The van der Waals surface area contributed by atoms with Gasteiger partial charge < -0.3 is 15.4 Å². The number of carbonyl (C=O) groups excluding carboxylic acids is 3. The van der Waals surface area contributed by atoms with Crippen molar-refractivity contribution in [3.05, 3.63) is 59.7 Å². The smallest absolute Gasteiger partial charge is 0.387 e. The predicted molar refractivity (Wildman–Crippen MR) is 95.7 cm³/mol. The van der Waals surface area contributed by atoms with Crippen LogP contribution in [0.15, 0.2) is 42.5 Å². The molecule has 0 bridgehead atoms. The SMILES string of the molecule is CC1(c2ccc(OC(F)F)cc2)NC(=O)N(CC(=O)Nc2cc(F)cc(F)c2)C1=O. The molecule has 1 unspecified atom stereocenters. The van der Waals surface area contributed by atoms with Crippen LogP contribution in [0.3, 0.4) is 0 Å². The number of ether oxygens (including phenoxy) is 1. The van der Waals surface area contributed by atoms with Gasteiger partial charge in [-0.25, -0.2) is 13.6 Å². The fourth-order valence-corrected chi connectivity index (χ4v) is 2.98. The van der Waals surface area contributed by atoms with E-state index in [2.05, 4.69) is 15.4 Å². The van der Waals surface area contributed by atoms with Crippen molar-refractivity contribution in [2.24, 2.45) is 0 Å². The molecular weight excluding hydrogens is 410 g/mol. The number of alkyl halides is 2. The van der Waals surface area contributed by atoms with Crippen molar-refractivity contribution in [2.45, 2.75) is 19.1 Å². The van der Waals surface area contributed by atoms with Gasteiger partial charge in [-0.05, 0) is 36.8 Å². The highest BCUT2D eigenvalue weighted by Gasteiger charge is 2.49. The summed E-state index contributed by atoms with van der Waals surface area (Å²) >= 11 is 0. The molecule has 3 rings (SSSR count). The van der Waals surface area contributed by atoms with Crippen LogP contribution < -0.4 is 15.4 Å². The Kier molecular flexibility index (Phi) is 5.63. The second-order valence-electron chi connectivity index (χ2n) is 6.56. The quantitative estimate of drug-likeness (QED) is 0.550. The molecule has 2 aromatic carbocycles. The first-order chi connectivity index (χ1) is 14.1. The Hall–Kier alpha value is -3.63. The lowest BCUT2D eigenvalue weighted by atomic mass is 9.92. The number of imide groups is 1. The average Bonchev–Trinajstić information content (AvgIpc) is 2.85. The van der Waals surface area contributed by atoms with E-state index >= 15 is 0 Å². The molecule has 1 aliphatic rings. The van der Waals surface area contributed by atoms with Crippen molar-refractivity contribution >= 4 is 23.5 Å². The number of anilines is 1. The first-order valence-corrected chi connectivity index (χ1v) is 8.54. The van der Waals surface area contributed by atoms with Gasteiger partial charge in [0.25, 0.3) is 5.91 Å². The van der Waals surface area contributed by atoms with Gasteiger partial charge in [-0.3, -0.25) is 14.5 Å². The molecule has 158 valence electrons. The summed E-state index contributed by atoms with van der Waals surface area (Å²) in [6, 6.07) is 6.58. The molecule has 2 aromatic rings. The largest absolute Gasteiger partial charge is 0.435 e. The molecule has 2 N–H and O–H groups in total. The van der Waals surface area contributed by atoms with Crippen molar-refractivity contribution in [1.82, 2.24) is 10.2 Å². The second kappa shape index (κ2) is 8.01. The third-order valence-electron chi connectivity index (χ3n) is 4.38. The molecule has 1 saturated heterocycles. The minimum absolute atomic E-state index is 0.132. The van der Waals surface area contributed by atoms with Gasteiger partial charge in [0.15, 0.2) is 0 Å². The number of hydrogen-bond donors (Lipinski definition) is 2. The van der Waals surface area contributed by atoms with Gasteiger partial charge in [0.1, 0.15) is 29.5 Å². The molecule has 4 amide bonds. The van der Waals surface area contributed by atoms with Crippen molar-refractivity contribution in [2.75, 3.05) is 11.9 Å². The predicted octanol–water partition coefficient (Wildman–Crippen LogP) is 2.97. The summed E-state index contributed by atoms with van der Waals surface area (Å²) in [4.78, 5) is 37.8. The summed E-state index contributed by atoms with van der Waals surface area (Å²) < 4.78 is 55.2. The molecule has 1 aliphatic heterocycles. The maximum atomic E-state index is 13.2. The van der Waals surface area contributed by atoms with Crippen LogP contribution in [0, 0.1) is 11.6 Å². The number of nitrogens with one attached hydrogen (secondary N) is 2. The van der Waals surface area contributed by atoms with Crippen molar-refractivity contribution < 1.29 is 36.7 Å². The first kappa shape index (κ1) is 21.1. The Morgan fingerprint density at radius 2 is 1.73 bits per heavy atom. The van der Waals surface area contributed by atoms with Crippen LogP contribution >= 0.6 is 0 Å². The third-order valence-corrected chi connectivity index (χ3v) is 4.38. The Morgan fingerprint density at radius 1 is 1.13 bits per heavy atom. The molecule has 30 heavy (non-hydrogen) atoms. The summed E-state index contributed by atoms with van der Waals surface area (Å²) in [5.41, 5.74) is -1.45. The zero-order chi connectivity index (χ0) is 22.1. The number of amides is 4. The number of urea groups is 1. The third kappa shape index (κ3) is 4.34. The summed E-state index contributed by atoms with van der Waals surface area (Å²) in [6.45, 7) is -2.33. The van der Waals surface area contributed by atoms with Gasteiger partial charge in [-0.1, -0.05) is 12.1 Å². The van der Waals surface area contributed by atoms with Crippen LogP contribution in [-0.2, 0) is 15.1 Å². The molecule has 1 fully saturated rings. The van der Waals surface area contributed by atoms with E-state index in [1.165, 1.54) is 31.2 Å². The van der Waals surface area contributed by atoms with E-state index < -0.39 is 48.2 Å². The van der Waals surface area contributed by atoms with E-state index in [-0.39, 0.29) is 17.0 Å². The van der Waals surface area contributed by atoms with Gasteiger partial charge in [0, 0.05) is 11.8 Å². The Bertz CT molecular complexity index is 980. The zero-order valence-electron chi connectivity index (χ0n) is 15.4. The summed E-state index contributed by atoms with van der Waals surface area (Å²) in [5, 5.41) is 4.65. The zero-order valence-corrected chi connectivity index (χ0v) is 15.4. The first-order valence-electron chi connectivity index (χ1n) is 8.54. The van der Waals surface area contributed by atoms with Gasteiger partial charge in [0.05, 0.1) is 0 Å². The lowest BCUT2D eigenvalue weighted by Crippen LogP contribution is -2.42. The molecule has 0 spiro atoms. The summed E-state index contributed by atoms with van der Waals surface area (Å²) in [6.07, 6.45) is 0. The highest BCUT2D eigenvalue weighted by atomic mass is 19.3. The number of carbonyl (C=O) groups is 3. The average molecular weight is 425 g/mol. The topological polar surface area (TPSA) is 87.7 Å². The molecule has 11 heteroatoms. The minimum Gasteiger partial charge on any atom is -0.435 e. The van der Waals surface area contributed by atoms with Crippen molar-refractivity contribution in [3.8, 4) is 5.75 Å². The van der Waals surface area contributed by atoms with E-state index in [1.807, 2.05) is 0 Å². The van der Waals surface area contributed by atoms with E-state index in [9.17, 15) is 31.9 Å². The maximum Gasteiger partial charge on any atom is 0.387 e. The fourth-order valence-electron chi connectivity index (χ4n) is 2.98.